The summed E-state index contributed by atoms with van der Waals surface area (Å²) in [5, 5.41) is 32.6. The van der Waals surface area contributed by atoms with E-state index in [2.05, 4.69) is 5.16 Å². The fourth-order valence-electron chi connectivity index (χ4n) is 3.09. The molecule has 7 heteroatoms. The second-order valence-corrected chi connectivity index (χ2v) is 6.54. The zero-order chi connectivity index (χ0) is 19.0. The van der Waals surface area contributed by atoms with Gasteiger partial charge in [0.05, 0.1) is 25.2 Å². The Morgan fingerprint density at radius 1 is 1.04 bits per heavy atom. The van der Waals surface area contributed by atoms with Crippen molar-refractivity contribution in [1.82, 2.24) is 5.16 Å². The van der Waals surface area contributed by atoms with Crippen molar-refractivity contribution < 1.29 is 29.4 Å². The number of phenolic OH excluding ortho intramolecular Hbond substituents is 1. The second-order valence-electron chi connectivity index (χ2n) is 6.54. The van der Waals surface area contributed by atoms with Gasteiger partial charge in [-0.2, -0.15) is 0 Å². The minimum atomic E-state index is -1.29. The SMILES string of the molecule is O=C1CC(CO)(CO)Oc2ccc(-c3cc(-c4cccc(O)c4)no3)cc21. The highest BCUT2D eigenvalue weighted by atomic mass is 16.5. The largest absolute Gasteiger partial charge is 0.508 e. The normalized spacial score (nSPS) is 15.3. The number of benzene rings is 2. The van der Waals surface area contributed by atoms with E-state index in [4.69, 9.17) is 9.26 Å². The van der Waals surface area contributed by atoms with Crippen molar-refractivity contribution in [2.75, 3.05) is 13.2 Å². The molecule has 0 atom stereocenters. The molecule has 0 radical (unpaired) electrons. The maximum absolute atomic E-state index is 12.5. The molecule has 7 nitrogen and oxygen atoms in total. The summed E-state index contributed by atoms with van der Waals surface area (Å²) in [5.41, 5.74) is 0.976. The third-order valence-electron chi connectivity index (χ3n) is 4.60. The molecule has 0 aliphatic carbocycles. The number of aliphatic hydroxyl groups excluding tert-OH is 2. The number of rotatable bonds is 4. The van der Waals surface area contributed by atoms with Gasteiger partial charge in [0.1, 0.15) is 17.2 Å². The lowest BCUT2D eigenvalue weighted by atomic mass is 9.90. The Kier molecular flexibility index (Phi) is 4.18. The molecule has 3 N–H and O–H groups in total. The van der Waals surface area contributed by atoms with Crippen LogP contribution in [0, 0.1) is 0 Å². The number of aromatic nitrogens is 1. The summed E-state index contributed by atoms with van der Waals surface area (Å²) in [5.74, 6) is 0.676. The van der Waals surface area contributed by atoms with E-state index >= 15 is 0 Å². The predicted octanol–water partition coefficient (Wildman–Crippen LogP) is 2.40. The Balaban J connectivity index is 1.68. The van der Waals surface area contributed by atoms with Crippen LogP contribution in [0.5, 0.6) is 11.5 Å². The Bertz CT molecular complexity index is 1010. The maximum Gasteiger partial charge on any atom is 0.170 e. The van der Waals surface area contributed by atoms with Gasteiger partial charge < -0.3 is 24.6 Å². The molecule has 0 saturated carbocycles. The monoisotopic (exact) mass is 367 g/mol. The molecule has 0 fully saturated rings. The summed E-state index contributed by atoms with van der Waals surface area (Å²) < 4.78 is 11.1. The van der Waals surface area contributed by atoms with E-state index < -0.39 is 18.8 Å². The van der Waals surface area contributed by atoms with Gasteiger partial charge in [-0.1, -0.05) is 17.3 Å². The second kappa shape index (κ2) is 6.53. The minimum Gasteiger partial charge on any atom is -0.508 e. The Morgan fingerprint density at radius 3 is 2.59 bits per heavy atom. The number of hydrogen-bond donors (Lipinski definition) is 3. The molecule has 2 heterocycles. The predicted molar refractivity (Wildman–Crippen MR) is 95.5 cm³/mol. The number of nitrogens with zero attached hydrogens (tertiary/aromatic N) is 1. The van der Waals surface area contributed by atoms with Crippen molar-refractivity contribution in [2.45, 2.75) is 12.0 Å². The summed E-state index contributed by atoms with van der Waals surface area (Å²) >= 11 is 0. The molecular formula is C20H17NO6. The molecule has 1 aromatic heterocycles. The summed E-state index contributed by atoms with van der Waals surface area (Å²) in [4.78, 5) is 12.5. The van der Waals surface area contributed by atoms with Crippen LogP contribution in [0.4, 0.5) is 0 Å². The molecule has 3 aromatic rings. The molecular weight excluding hydrogens is 350 g/mol. The smallest absolute Gasteiger partial charge is 0.170 e. The number of hydrogen-bond acceptors (Lipinski definition) is 7. The quantitative estimate of drug-likeness (QED) is 0.649. The van der Waals surface area contributed by atoms with E-state index in [-0.39, 0.29) is 18.0 Å². The summed E-state index contributed by atoms with van der Waals surface area (Å²) in [7, 11) is 0. The molecule has 1 aliphatic heterocycles. The van der Waals surface area contributed by atoms with E-state index in [1.807, 2.05) is 0 Å². The van der Waals surface area contributed by atoms with E-state index in [1.54, 1.807) is 48.5 Å². The van der Waals surface area contributed by atoms with Gasteiger partial charge in [-0.15, -0.1) is 0 Å². The van der Waals surface area contributed by atoms with Gasteiger partial charge in [-0.05, 0) is 30.3 Å². The van der Waals surface area contributed by atoms with Crippen molar-refractivity contribution in [3.05, 3.63) is 54.1 Å². The average Bonchev–Trinajstić information content (AvgIpc) is 3.18. The number of phenols is 1. The Labute approximate surface area is 154 Å². The van der Waals surface area contributed by atoms with Gasteiger partial charge in [0.2, 0.25) is 0 Å². The van der Waals surface area contributed by atoms with Gasteiger partial charge in [0.25, 0.3) is 0 Å². The molecule has 2 aromatic carbocycles. The molecule has 0 spiro atoms. The molecule has 0 amide bonds. The molecule has 0 unspecified atom stereocenters. The highest BCUT2D eigenvalue weighted by Crippen LogP contribution is 2.36. The van der Waals surface area contributed by atoms with Crippen molar-refractivity contribution in [3.63, 3.8) is 0 Å². The van der Waals surface area contributed by atoms with Crippen LogP contribution < -0.4 is 4.74 Å². The third-order valence-corrected chi connectivity index (χ3v) is 4.60. The number of ketones is 1. The Hall–Kier alpha value is -3.16. The topological polar surface area (TPSA) is 113 Å². The molecule has 0 saturated heterocycles. The number of aromatic hydroxyl groups is 1. The first-order valence-electron chi connectivity index (χ1n) is 8.38. The lowest BCUT2D eigenvalue weighted by Gasteiger charge is -2.34. The fourth-order valence-corrected chi connectivity index (χ4v) is 3.09. The van der Waals surface area contributed by atoms with Crippen molar-refractivity contribution in [2.24, 2.45) is 0 Å². The van der Waals surface area contributed by atoms with Crippen LogP contribution >= 0.6 is 0 Å². The van der Waals surface area contributed by atoms with E-state index in [1.165, 1.54) is 0 Å². The van der Waals surface area contributed by atoms with Crippen LogP contribution in [0.15, 0.2) is 53.1 Å². The summed E-state index contributed by atoms with van der Waals surface area (Å²) in [6.45, 7) is -0.905. The Morgan fingerprint density at radius 2 is 1.85 bits per heavy atom. The van der Waals surface area contributed by atoms with Gasteiger partial charge in [0.15, 0.2) is 17.1 Å². The lowest BCUT2D eigenvalue weighted by molar-refractivity contribution is -0.0403. The third kappa shape index (κ3) is 3.07. The number of carbonyl (C=O) groups excluding carboxylic acids is 1. The summed E-state index contributed by atoms with van der Waals surface area (Å²) in [6, 6.07) is 13.3. The number of ether oxygens (including phenoxy) is 1. The van der Waals surface area contributed by atoms with Crippen LogP contribution in [-0.4, -0.2) is 45.1 Å². The lowest BCUT2D eigenvalue weighted by Crippen LogP contribution is -2.48. The summed E-state index contributed by atoms with van der Waals surface area (Å²) in [6.07, 6.45) is -0.110. The molecule has 1 aliphatic rings. The number of Topliss-reactive ketones (excluding diaryl/α,β-unsaturated/α-hetero) is 1. The van der Waals surface area contributed by atoms with Gasteiger partial charge in [0, 0.05) is 17.2 Å². The van der Waals surface area contributed by atoms with Gasteiger partial charge in [-0.25, -0.2) is 0 Å². The molecule has 138 valence electrons. The van der Waals surface area contributed by atoms with Crippen molar-refractivity contribution in [1.29, 1.82) is 0 Å². The van der Waals surface area contributed by atoms with Crippen LogP contribution in [0.25, 0.3) is 22.6 Å². The molecule has 27 heavy (non-hydrogen) atoms. The standard InChI is InChI=1S/C20H17NO6/c22-10-20(11-23)9-17(25)15-7-13(4-5-18(15)26-20)19-8-16(21-27-19)12-2-1-3-14(24)6-12/h1-8,22-24H,9-11H2. The number of carbonyl (C=O) groups is 1. The van der Waals surface area contributed by atoms with Crippen molar-refractivity contribution in [3.8, 4) is 34.1 Å². The van der Waals surface area contributed by atoms with Gasteiger partial charge >= 0.3 is 0 Å². The number of fused-ring (bicyclic) bond motifs is 1. The number of aliphatic hydroxyl groups is 2. The van der Waals surface area contributed by atoms with E-state index in [0.29, 0.717) is 33.9 Å². The minimum absolute atomic E-state index is 0.110. The highest BCUT2D eigenvalue weighted by molar-refractivity contribution is 6.01. The van der Waals surface area contributed by atoms with E-state index in [0.717, 1.165) is 0 Å². The zero-order valence-electron chi connectivity index (χ0n) is 14.3. The zero-order valence-corrected chi connectivity index (χ0v) is 14.3. The molecule has 0 bridgehead atoms. The average molecular weight is 367 g/mol. The van der Waals surface area contributed by atoms with Crippen LogP contribution in [0.1, 0.15) is 16.8 Å². The first-order chi connectivity index (χ1) is 13.0. The van der Waals surface area contributed by atoms with Crippen molar-refractivity contribution >= 4 is 5.78 Å². The van der Waals surface area contributed by atoms with Crippen LogP contribution in [0.3, 0.4) is 0 Å². The first kappa shape index (κ1) is 17.3. The molecule has 4 rings (SSSR count). The fraction of sp³-hybridized carbons (Fsp3) is 0.200. The first-order valence-corrected chi connectivity index (χ1v) is 8.38. The van der Waals surface area contributed by atoms with Crippen LogP contribution in [0.2, 0.25) is 0 Å². The highest BCUT2D eigenvalue weighted by Gasteiger charge is 2.40. The van der Waals surface area contributed by atoms with E-state index in [9.17, 15) is 20.1 Å². The maximum atomic E-state index is 12.5. The van der Waals surface area contributed by atoms with Gasteiger partial charge in [-0.3, -0.25) is 4.79 Å². The van der Waals surface area contributed by atoms with Crippen LogP contribution in [-0.2, 0) is 0 Å².